The number of anilines is 1. The Morgan fingerprint density at radius 3 is 2.36 bits per heavy atom. The molecule has 0 unspecified atom stereocenters. The van der Waals surface area contributed by atoms with Crippen molar-refractivity contribution in [3.8, 4) is 0 Å². The molecule has 5 heteroatoms. The van der Waals surface area contributed by atoms with Gasteiger partial charge in [0.05, 0.1) is 5.92 Å². The second-order valence-electron chi connectivity index (χ2n) is 10.2. The van der Waals surface area contributed by atoms with E-state index in [-0.39, 0.29) is 24.0 Å². The van der Waals surface area contributed by atoms with E-state index < -0.39 is 16.9 Å². The van der Waals surface area contributed by atoms with Crippen LogP contribution in [0.3, 0.4) is 0 Å². The minimum atomic E-state index is -1.41. The highest BCUT2D eigenvalue weighted by atomic mass is 16.2. The van der Waals surface area contributed by atoms with E-state index in [0.29, 0.717) is 22.4 Å². The number of amides is 1. The second kappa shape index (κ2) is 6.99. The predicted octanol–water partition coefficient (Wildman–Crippen LogP) is 4.87. The van der Waals surface area contributed by atoms with Gasteiger partial charge in [0.1, 0.15) is 11.0 Å². The van der Waals surface area contributed by atoms with Crippen molar-refractivity contribution in [3.63, 3.8) is 0 Å². The molecule has 3 atom stereocenters. The minimum absolute atomic E-state index is 0.122. The van der Waals surface area contributed by atoms with E-state index in [1.807, 2.05) is 104 Å². The lowest BCUT2D eigenvalue weighted by molar-refractivity contribution is -0.124. The number of benzene rings is 4. The van der Waals surface area contributed by atoms with Crippen LogP contribution in [-0.2, 0) is 15.7 Å². The summed E-state index contributed by atoms with van der Waals surface area (Å²) in [5.74, 6) is -1.29. The van der Waals surface area contributed by atoms with Gasteiger partial charge in [-0.1, -0.05) is 84.4 Å². The van der Waals surface area contributed by atoms with Gasteiger partial charge in [-0.3, -0.25) is 19.3 Å². The first kappa shape index (κ1) is 21.2. The third kappa shape index (κ3) is 2.23. The van der Waals surface area contributed by atoms with E-state index in [0.717, 1.165) is 21.9 Å². The summed E-state index contributed by atoms with van der Waals surface area (Å²) >= 11 is 0. The average molecular weight is 473 g/mol. The highest BCUT2D eigenvalue weighted by Crippen LogP contribution is 2.65. The number of hydrogen-bond donors (Lipinski definition) is 1. The van der Waals surface area contributed by atoms with Crippen LogP contribution in [0.4, 0.5) is 5.69 Å². The number of likely N-dealkylation sites (N-methyl/N-ethyl adjacent to an activating group) is 1. The molecule has 2 aliphatic heterocycles. The summed E-state index contributed by atoms with van der Waals surface area (Å²) in [5, 5.41) is 4.89. The zero-order valence-corrected chi connectivity index (χ0v) is 20.0. The van der Waals surface area contributed by atoms with Crippen LogP contribution in [-0.4, -0.2) is 36.0 Å². The Bertz CT molecular complexity index is 1630. The summed E-state index contributed by atoms with van der Waals surface area (Å²) in [6.07, 6.45) is 0. The van der Waals surface area contributed by atoms with Gasteiger partial charge in [0.25, 0.3) is 0 Å². The fraction of sp³-hybridized carbons (Fsp3) is 0.194. The first-order valence-corrected chi connectivity index (χ1v) is 12.2. The first-order valence-electron chi connectivity index (χ1n) is 12.2. The Kier molecular flexibility index (Phi) is 4.12. The number of likely N-dealkylation sites (tertiary alicyclic amines) is 1. The molecule has 4 aromatic rings. The van der Waals surface area contributed by atoms with Crippen LogP contribution in [0.1, 0.15) is 37.4 Å². The van der Waals surface area contributed by atoms with Crippen molar-refractivity contribution < 1.29 is 14.4 Å². The van der Waals surface area contributed by atoms with Crippen molar-refractivity contribution in [1.29, 1.82) is 0 Å². The van der Waals surface area contributed by atoms with Gasteiger partial charge in [0.2, 0.25) is 5.91 Å². The number of fused-ring (bicyclic) bond motifs is 4. The van der Waals surface area contributed by atoms with E-state index in [1.165, 1.54) is 0 Å². The van der Waals surface area contributed by atoms with Crippen LogP contribution in [0, 0.1) is 12.8 Å². The molecule has 176 valence electrons. The summed E-state index contributed by atoms with van der Waals surface area (Å²) in [5.41, 5.74) is 1.64. The highest BCUT2D eigenvalue weighted by molar-refractivity contribution is 6.26. The molecule has 1 fully saturated rings. The topological polar surface area (TPSA) is 66.5 Å². The van der Waals surface area contributed by atoms with Crippen molar-refractivity contribution in [1.82, 2.24) is 4.90 Å². The second-order valence-corrected chi connectivity index (χ2v) is 10.2. The van der Waals surface area contributed by atoms with Crippen molar-refractivity contribution in [3.05, 3.63) is 113 Å². The molecule has 1 N–H and O–H groups in total. The molecule has 0 saturated carbocycles. The lowest BCUT2D eigenvalue weighted by Gasteiger charge is -2.44. The zero-order chi connectivity index (χ0) is 24.8. The van der Waals surface area contributed by atoms with E-state index in [2.05, 4.69) is 5.32 Å². The first-order chi connectivity index (χ1) is 17.4. The minimum Gasteiger partial charge on any atom is -0.325 e. The molecule has 3 aliphatic rings. The smallest absolute Gasteiger partial charge is 0.238 e. The van der Waals surface area contributed by atoms with Gasteiger partial charge in [0.15, 0.2) is 11.6 Å². The summed E-state index contributed by atoms with van der Waals surface area (Å²) in [7, 11) is 1.88. The van der Waals surface area contributed by atoms with E-state index >= 15 is 0 Å². The van der Waals surface area contributed by atoms with Gasteiger partial charge >= 0.3 is 0 Å². The summed E-state index contributed by atoms with van der Waals surface area (Å²) in [4.78, 5) is 45.2. The number of nitrogens with one attached hydrogen (secondary N) is 1. The van der Waals surface area contributed by atoms with Crippen molar-refractivity contribution in [2.75, 3.05) is 18.9 Å². The molecular weight excluding hydrogens is 448 g/mol. The van der Waals surface area contributed by atoms with Crippen molar-refractivity contribution in [2.45, 2.75) is 17.9 Å². The molecule has 0 bridgehead atoms. The van der Waals surface area contributed by atoms with Gasteiger partial charge < -0.3 is 5.32 Å². The normalized spacial score (nSPS) is 26.2. The van der Waals surface area contributed by atoms with Crippen molar-refractivity contribution in [2.24, 2.45) is 5.92 Å². The highest BCUT2D eigenvalue weighted by Gasteiger charge is 2.77. The van der Waals surface area contributed by atoms with E-state index in [9.17, 15) is 14.4 Å². The molecule has 7 rings (SSSR count). The third-order valence-electron chi connectivity index (χ3n) is 8.60. The fourth-order valence-electron chi connectivity index (χ4n) is 7.20. The SMILES string of the molecule is Cc1ccc(C(=O)[C@@H]2CN(C)[C@]3(C(=O)c4cccc5cccc3c45)[C@@]23C(=O)Nc2ccccc23)cc1. The van der Waals surface area contributed by atoms with Gasteiger partial charge in [-0.15, -0.1) is 0 Å². The largest absolute Gasteiger partial charge is 0.325 e. The molecule has 0 aromatic heterocycles. The van der Waals surface area contributed by atoms with Crippen LogP contribution in [0.25, 0.3) is 10.8 Å². The molecule has 36 heavy (non-hydrogen) atoms. The molecule has 1 amide bonds. The molecule has 0 radical (unpaired) electrons. The molecule has 2 spiro atoms. The summed E-state index contributed by atoms with van der Waals surface area (Å²) in [6, 6.07) is 26.6. The predicted molar refractivity (Wildman–Crippen MR) is 138 cm³/mol. The van der Waals surface area contributed by atoms with Crippen LogP contribution in [0.15, 0.2) is 84.9 Å². The number of aryl methyl sites for hydroxylation is 1. The van der Waals surface area contributed by atoms with Crippen LogP contribution >= 0.6 is 0 Å². The molecule has 5 nitrogen and oxygen atoms in total. The Morgan fingerprint density at radius 2 is 1.58 bits per heavy atom. The maximum Gasteiger partial charge on any atom is 0.238 e. The Hall–Kier alpha value is -4.09. The van der Waals surface area contributed by atoms with Crippen LogP contribution in [0.5, 0.6) is 0 Å². The Labute approximate surface area is 208 Å². The number of nitrogens with zero attached hydrogens (tertiary/aromatic N) is 1. The fourth-order valence-corrected chi connectivity index (χ4v) is 7.20. The van der Waals surface area contributed by atoms with Crippen LogP contribution in [0.2, 0.25) is 0 Å². The number of Topliss-reactive ketones (excluding diaryl/α,β-unsaturated/α-hetero) is 2. The number of rotatable bonds is 2. The standard InChI is InChI=1S/C31H24N2O3/c1-18-13-15-20(16-14-18)27(34)24-17-33(2)31(30(24)22-10-3-4-12-25(22)32-29(30)36)23-11-6-8-19-7-5-9-21(26(19)23)28(31)35/h3-16,24H,17H2,1-2H3,(H,32,36)/t24-,30+,31+/m0/s1. The average Bonchev–Trinajstić information content (AvgIpc) is 3.45. The monoisotopic (exact) mass is 472 g/mol. The Balaban J connectivity index is 1.58. The van der Waals surface area contributed by atoms with Crippen LogP contribution < -0.4 is 5.32 Å². The maximum absolute atomic E-state index is 14.6. The van der Waals surface area contributed by atoms with Gasteiger partial charge in [-0.2, -0.15) is 0 Å². The number of hydrogen-bond acceptors (Lipinski definition) is 4. The van der Waals surface area contributed by atoms with E-state index in [4.69, 9.17) is 0 Å². The molecule has 4 aromatic carbocycles. The van der Waals surface area contributed by atoms with Crippen molar-refractivity contribution >= 4 is 33.9 Å². The van der Waals surface area contributed by atoms with Gasteiger partial charge in [-0.25, -0.2) is 0 Å². The summed E-state index contributed by atoms with van der Waals surface area (Å²) < 4.78 is 0. The number of para-hydroxylation sites is 1. The molecule has 1 saturated heterocycles. The maximum atomic E-state index is 14.6. The van der Waals surface area contributed by atoms with E-state index in [1.54, 1.807) is 0 Å². The summed E-state index contributed by atoms with van der Waals surface area (Å²) in [6.45, 7) is 2.26. The quantitative estimate of drug-likeness (QED) is 0.423. The third-order valence-corrected chi connectivity index (χ3v) is 8.60. The zero-order valence-electron chi connectivity index (χ0n) is 20.0. The molecular formula is C31H24N2O3. The lowest BCUT2D eigenvalue weighted by Crippen LogP contribution is -2.61. The lowest BCUT2D eigenvalue weighted by atomic mass is 9.57. The molecule has 1 aliphatic carbocycles. The Morgan fingerprint density at radius 1 is 0.889 bits per heavy atom. The van der Waals surface area contributed by atoms with Gasteiger partial charge in [-0.05, 0) is 41.9 Å². The number of ketones is 2. The number of carbonyl (C=O) groups excluding carboxylic acids is 3. The number of carbonyl (C=O) groups is 3. The van der Waals surface area contributed by atoms with Gasteiger partial charge in [0, 0.05) is 23.4 Å². The molecule has 2 heterocycles.